The Bertz CT molecular complexity index is 741. The van der Waals surface area contributed by atoms with Crippen LogP contribution in [-0.4, -0.2) is 24.3 Å². The largest absolute Gasteiger partial charge is 0.455 e. The van der Waals surface area contributed by atoms with Crippen molar-refractivity contribution in [3.05, 3.63) is 59.1 Å². The molecule has 0 aliphatic heterocycles. The standard InChI is InChI=1S/C14H4F10O4/c15-9(16)7(13(19,20)21)27-11(25)5-1-2-6(4-3-5)12(26)28-8(10(17)18)14(22,23)24/h1-4H. The van der Waals surface area contributed by atoms with E-state index in [0.29, 0.717) is 24.3 Å². The van der Waals surface area contributed by atoms with E-state index in [0.717, 1.165) is 0 Å². The van der Waals surface area contributed by atoms with Crippen molar-refractivity contribution in [3.63, 3.8) is 0 Å². The summed E-state index contributed by atoms with van der Waals surface area (Å²) in [6.07, 6.45) is -18.1. The predicted molar refractivity (Wildman–Crippen MR) is 67.9 cm³/mol. The first-order chi connectivity index (χ1) is 12.6. The van der Waals surface area contributed by atoms with Crippen LogP contribution in [-0.2, 0) is 9.47 Å². The SMILES string of the molecule is O=C(OC(=C(F)F)C(F)(F)F)c1ccc(C(=O)OC(=C(F)F)C(F)(F)F)cc1. The molecular formula is C14H4F10O4. The zero-order valence-corrected chi connectivity index (χ0v) is 12.7. The summed E-state index contributed by atoms with van der Waals surface area (Å²) in [5.41, 5.74) is -1.63. The first-order valence-electron chi connectivity index (χ1n) is 6.44. The lowest BCUT2D eigenvalue weighted by Gasteiger charge is -2.12. The molecule has 0 N–H and O–H groups in total. The van der Waals surface area contributed by atoms with E-state index in [-0.39, 0.29) is 0 Å². The molecule has 0 saturated carbocycles. The molecule has 1 rings (SSSR count). The van der Waals surface area contributed by atoms with E-state index in [2.05, 4.69) is 9.47 Å². The van der Waals surface area contributed by atoms with E-state index in [4.69, 9.17) is 0 Å². The normalized spacial score (nSPS) is 11.5. The Hall–Kier alpha value is -3.06. The van der Waals surface area contributed by atoms with Gasteiger partial charge in [0, 0.05) is 0 Å². The third kappa shape index (κ3) is 5.99. The molecule has 154 valence electrons. The fraction of sp³-hybridized carbons (Fsp3) is 0.143. The molecule has 0 aliphatic carbocycles. The molecule has 0 aliphatic rings. The number of carbonyl (C=O) groups excluding carboxylic acids is 2. The lowest BCUT2D eigenvalue weighted by atomic mass is 10.1. The summed E-state index contributed by atoms with van der Waals surface area (Å²) in [5, 5.41) is 0. The van der Waals surface area contributed by atoms with E-state index in [1.165, 1.54) is 0 Å². The molecular weight excluding hydrogens is 422 g/mol. The number of rotatable bonds is 4. The summed E-state index contributed by atoms with van der Waals surface area (Å²) in [5.74, 6) is -9.66. The third-order valence-corrected chi connectivity index (χ3v) is 2.60. The number of alkyl halides is 6. The van der Waals surface area contributed by atoms with E-state index < -0.39 is 59.1 Å². The highest BCUT2D eigenvalue weighted by molar-refractivity contribution is 5.94. The number of benzene rings is 1. The second-order valence-electron chi connectivity index (χ2n) is 4.53. The van der Waals surface area contributed by atoms with Gasteiger partial charge in [0.25, 0.3) is 11.5 Å². The molecule has 1 aromatic carbocycles. The molecule has 28 heavy (non-hydrogen) atoms. The molecule has 4 nitrogen and oxygen atoms in total. The quantitative estimate of drug-likeness (QED) is 0.371. The van der Waals surface area contributed by atoms with Crippen molar-refractivity contribution in [3.8, 4) is 0 Å². The van der Waals surface area contributed by atoms with Crippen molar-refractivity contribution in [2.24, 2.45) is 0 Å². The van der Waals surface area contributed by atoms with Crippen molar-refractivity contribution in [1.29, 1.82) is 0 Å². The van der Waals surface area contributed by atoms with Crippen LogP contribution in [0, 0.1) is 0 Å². The first kappa shape index (κ1) is 23.0. The minimum Gasteiger partial charge on any atom is -0.412 e. The molecule has 0 fully saturated rings. The van der Waals surface area contributed by atoms with Crippen LogP contribution >= 0.6 is 0 Å². The number of carbonyl (C=O) groups is 2. The van der Waals surface area contributed by atoms with Crippen molar-refractivity contribution in [2.45, 2.75) is 12.4 Å². The molecule has 0 bridgehead atoms. The molecule has 0 amide bonds. The Morgan fingerprint density at radius 2 is 0.857 bits per heavy atom. The smallest absolute Gasteiger partial charge is 0.412 e. The predicted octanol–water partition coefficient (Wildman–Crippen LogP) is 5.34. The Morgan fingerprint density at radius 3 is 1.04 bits per heavy atom. The lowest BCUT2D eigenvalue weighted by Crippen LogP contribution is -2.20. The highest BCUT2D eigenvalue weighted by Gasteiger charge is 2.43. The van der Waals surface area contributed by atoms with Crippen LogP contribution in [0.15, 0.2) is 47.9 Å². The number of hydrogen-bond donors (Lipinski definition) is 0. The van der Waals surface area contributed by atoms with Crippen LogP contribution in [0.1, 0.15) is 20.7 Å². The van der Waals surface area contributed by atoms with Gasteiger partial charge in [0.05, 0.1) is 11.1 Å². The van der Waals surface area contributed by atoms with Crippen LogP contribution in [0.3, 0.4) is 0 Å². The van der Waals surface area contributed by atoms with Crippen LogP contribution in [0.25, 0.3) is 0 Å². The van der Waals surface area contributed by atoms with Crippen molar-refractivity contribution in [2.75, 3.05) is 0 Å². The molecule has 0 saturated heterocycles. The van der Waals surface area contributed by atoms with Gasteiger partial charge in [0.1, 0.15) is 0 Å². The van der Waals surface area contributed by atoms with E-state index >= 15 is 0 Å². The molecule has 1 aromatic rings. The Morgan fingerprint density at radius 1 is 0.607 bits per heavy atom. The second-order valence-corrected chi connectivity index (χ2v) is 4.53. The molecule has 0 unspecified atom stereocenters. The number of esters is 2. The van der Waals surface area contributed by atoms with Gasteiger partial charge >= 0.3 is 36.5 Å². The fourth-order valence-corrected chi connectivity index (χ4v) is 1.45. The van der Waals surface area contributed by atoms with Crippen molar-refractivity contribution >= 4 is 11.9 Å². The first-order valence-corrected chi connectivity index (χ1v) is 6.44. The van der Waals surface area contributed by atoms with Gasteiger partial charge in [-0.15, -0.1) is 0 Å². The van der Waals surface area contributed by atoms with Gasteiger partial charge in [0.2, 0.25) is 0 Å². The van der Waals surface area contributed by atoms with Gasteiger partial charge in [-0.1, -0.05) is 0 Å². The van der Waals surface area contributed by atoms with Crippen LogP contribution < -0.4 is 0 Å². The van der Waals surface area contributed by atoms with Crippen LogP contribution in [0.2, 0.25) is 0 Å². The van der Waals surface area contributed by atoms with Crippen molar-refractivity contribution < 1.29 is 63.0 Å². The molecule has 14 heteroatoms. The van der Waals surface area contributed by atoms with Gasteiger partial charge < -0.3 is 9.47 Å². The van der Waals surface area contributed by atoms with E-state index in [1.807, 2.05) is 0 Å². The number of allylic oxidation sites excluding steroid dienone is 2. The summed E-state index contributed by atoms with van der Waals surface area (Å²) in [4.78, 5) is 22.8. The molecule has 0 atom stereocenters. The Kier molecular flexibility index (Phi) is 6.82. The lowest BCUT2D eigenvalue weighted by molar-refractivity contribution is -0.128. The molecule has 0 radical (unpaired) electrons. The average molecular weight is 426 g/mol. The van der Waals surface area contributed by atoms with Crippen LogP contribution in [0.4, 0.5) is 43.9 Å². The average Bonchev–Trinajstić information content (AvgIpc) is 2.54. The maximum atomic E-state index is 12.3. The number of ether oxygens (including phenoxy) is 2. The summed E-state index contributed by atoms with van der Waals surface area (Å²) >= 11 is 0. The number of halogens is 10. The molecule has 0 heterocycles. The van der Waals surface area contributed by atoms with Crippen LogP contribution in [0.5, 0.6) is 0 Å². The summed E-state index contributed by atoms with van der Waals surface area (Å²) < 4.78 is 129. The van der Waals surface area contributed by atoms with E-state index in [9.17, 15) is 53.5 Å². The Labute approximate surface area is 147 Å². The van der Waals surface area contributed by atoms with Gasteiger partial charge in [-0.2, -0.15) is 43.9 Å². The topological polar surface area (TPSA) is 52.6 Å². The zero-order valence-electron chi connectivity index (χ0n) is 12.7. The highest BCUT2D eigenvalue weighted by atomic mass is 19.4. The van der Waals surface area contributed by atoms with Gasteiger partial charge in [-0.3, -0.25) is 0 Å². The second kappa shape index (κ2) is 8.31. The number of hydrogen-bond acceptors (Lipinski definition) is 4. The summed E-state index contributed by atoms with van der Waals surface area (Å²) in [6, 6.07) is 2.02. The monoisotopic (exact) mass is 426 g/mol. The maximum absolute atomic E-state index is 12.3. The zero-order chi connectivity index (χ0) is 21.9. The summed E-state index contributed by atoms with van der Waals surface area (Å²) in [7, 11) is 0. The fourth-order valence-electron chi connectivity index (χ4n) is 1.45. The minimum atomic E-state index is -5.70. The van der Waals surface area contributed by atoms with E-state index in [1.54, 1.807) is 0 Å². The van der Waals surface area contributed by atoms with Gasteiger partial charge in [0.15, 0.2) is 0 Å². The molecule has 0 aromatic heterocycles. The van der Waals surface area contributed by atoms with Gasteiger partial charge in [-0.25, -0.2) is 9.59 Å². The van der Waals surface area contributed by atoms with Gasteiger partial charge in [-0.05, 0) is 24.3 Å². The van der Waals surface area contributed by atoms with Crippen molar-refractivity contribution in [1.82, 2.24) is 0 Å². The minimum absolute atomic E-state index is 0.506. The Balaban J connectivity index is 3.00. The maximum Gasteiger partial charge on any atom is 0.455 e. The highest BCUT2D eigenvalue weighted by Crippen LogP contribution is 2.32. The molecule has 0 spiro atoms. The third-order valence-electron chi connectivity index (χ3n) is 2.60. The summed E-state index contributed by atoms with van der Waals surface area (Å²) in [6.45, 7) is 0.